The zero-order valence-electron chi connectivity index (χ0n) is 13.9. The van der Waals surface area contributed by atoms with Gasteiger partial charge >= 0.3 is 11.9 Å². The summed E-state index contributed by atoms with van der Waals surface area (Å²) in [6.07, 6.45) is 0.849. The first-order valence-corrected chi connectivity index (χ1v) is 7.72. The molecule has 25 heavy (non-hydrogen) atoms. The molecule has 2 aromatic carbocycles. The zero-order chi connectivity index (χ0) is 18.4. The van der Waals surface area contributed by atoms with E-state index in [1.165, 1.54) is 6.07 Å². The van der Waals surface area contributed by atoms with E-state index in [1.54, 1.807) is 19.1 Å². The third kappa shape index (κ3) is 4.63. The van der Waals surface area contributed by atoms with Gasteiger partial charge in [-0.05, 0) is 37.1 Å². The van der Waals surface area contributed by atoms with Gasteiger partial charge in [-0.2, -0.15) is 0 Å². The standard InChI is InChI=1S/C18H17NO6/c1-3-12-5-7-16(8-6-12)25-18(21)14-9-13(17(20)24-4-2)10-15(11-14)19(22)23/h5-11H,3-4H2,1-2H3. The molecule has 0 saturated heterocycles. The van der Waals surface area contributed by atoms with Crippen molar-refractivity contribution in [1.29, 1.82) is 0 Å². The molecule has 0 fully saturated rings. The van der Waals surface area contributed by atoms with Gasteiger partial charge in [-0.15, -0.1) is 0 Å². The lowest BCUT2D eigenvalue weighted by atomic mass is 10.1. The Morgan fingerprint density at radius 1 is 1.00 bits per heavy atom. The Morgan fingerprint density at radius 3 is 2.12 bits per heavy atom. The predicted octanol–water partition coefficient (Wildman–Crippen LogP) is 3.55. The van der Waals surface area contributed by atoms with Crippen molar-refractivity contribution in [2.24, 2.45) is 0 Å². The fourth-order valence-electron chi connectivity index (χ4n) is 2.13. The van der Waals surface area contributed by atoms with E-state index in [0.29, 0.717) is 5.75 Å². The number of aryl methyl sites for hydroxylation is 1. The minimum atomic E-state index is -0.793. The van der Waals surface area contributed by atoms with Crippen LogP contribution in [0.4, 0.5) is 5.69 Å². The normalized spacial score (nSPS) is 10.2. The number of nitro benzene ring substituents is 1. The first-order chi connectivity index (χ1) is 11.9. The van der Waals surface area contributed by atoms with E-state index >= 15 is 0 Å². The molecule has 0 spiro atoms. The molecule has 0 atom stereocenters. The molecule has 0 radical (unpaired) electrons. The van der Waals surface area contributed by atoms with Crippen LogP contribution in [0.15, 0.2) is 42.5 Å². The van der Waals surface area contributed by atoms with Gasteiger partial charge in [0.25, 0.3) is 5.69 Å². The van der Waals surface area contributed by atoms with Crippen molar-refractivity contribution in [2.75, 3.05) is 6.61 Å². The molecule has 0 aliphatic carbocycles. The SMILES string of the molecule is CCOC(=O)c1cc(C(=O)Oc2ccc(CC)cc2)cc([N+](=O)[O-])c1. The molecule has 0 aliphatic rings. The number of nitro groups is 1. The van der Waals surface area contributed by atoms with Crippen LogP contribution in [0.1, 0.15) is 40.1 Å². The van der Waals surface area contributed by atoms with Gasteiger partial charge in [-0.3, -0.25) is 10.1 Å². The molecule has 7 heteroatoms. The topological polar surface area (TPSA) is 95.7 Å². The first kappa shape index (κ1) is 18.1. The van der Waals surface area contributed by atoms with Gasteiger partial charge in [0.15, 0.2) is 0 Å². The summed E-state index contributed by atoms with van der Waals surface area (Å²) in [7, 11) is 0. The quantitative estimate of drug-likeness (QED) is 0.344. The maximum absolute atomic E-state index is 12.3. The van der Waals surface area contributed by atoms with E-state index in [-0.39, 0.29) is 23.4 Å². The summed E-state index contributed by atoms with van der Waals surface area (Å²) in [6, 6.07) is 10.3. The smallest absolute Gasteiger partial charge is 0.343 e. The molecule has 0 bridgehead atoms. The van der Waals surface area contributed by atoms with Crippen molar-refractivity contribution in [3.05, 3.63) is 69.3 Å². The summed E-state index contributed by atoms with van der Waals surface area (Å²) < 4.78 is 10.0. The van der Waals surface area contributed by atoms with Crippen LogP contribution in [0.3, 0.4) is 0 Å². The van der Waals surface area contributed by atoms with Crippen LogP contribution >= 0.6 is 0 Å². The molecule has 2 rings (SSSR count). The Kier molecular flexibility index (Phi) is 5.84. The summed E-state index contributed by atoms with van der Waals surface area (Å²) in [4.78, 5) is 34.5. The molecular weight excluding hydrogens is 326 g/mol. The van der Waals surface area contributed by atoms with Crippen molar-refractivity contribution >= 4 is 17.6 Å². The Hall–Kier alpha value is -3.22. The van der Waals surface area contributed by atoms with Crippen molar-refractivity contribution < 1.29 is 24.0 Å². The summed E-state index contributed by atoms with van der Waals surface area (Å²) in [6.45, 7) is 3.73. The van der Waals surface area contributed by atoms with E-state index in [4.69, 9.17) is 9.47 Å². The van der Waals surface area contributed by atoms with Crippen molar-refractivity contribution in [1.82, 2.24) is 0 Å². The maximum atomic E-state index is 12.3. The third-order valence-electron chi connectivity index (χ3n) is 3.42. The van der Waals surface area contributed by atoms with Crippen LogP contribution in [-0.2, 0) is 11.2 Å². The molecule has 0 unspecified atom stereocenters. The van der Waals surface area contributed by atoms with Crippen molar-refractivity contribution in [2.45, 2.75) is 20.3 Å². The highest BCUT2D eigenvalue weighted by Crippen LogP contribution is 2.20. The lowest BCUT2D eigenvalue weighted by Crippen LogP contribution is -2.12. The Morgan fingerprint density at radius 2 is 1.60 bits per heavy atom. The van der Waals surface area contributed by atoms with Crippen LogP contribution in [0.5, 0.6) is 5.75 Å². The lowest BCUT2D eigenvalue weighted by molar-refractivity contribution is -0.384. The highest BCUT2D eigenvalue weighted by molar-refractivity contribution is 5.97. The summed E-state index contributed by atoms with van der Waals surface area (Å²) in [5.41, 5.74) is 0.514. The average Bonchev–Trinajstić information content (AvgIpc) is 2.62. The number of hydrogen-bond acceptors (Lipinski definition) is 6. The molecule has 130 valence electrons. The van der Waals surface area contributed by atoms with Gasteiger partial charge in [-0.1, -0.05) is 19.1 Å². The highest BCUT2D eigenvalue weighted by Gasteiger charge is 2.20. The average molecular weight is 343 g/mol. The van der Waals surface area contributed by atoms with Gasteiger partial charge < -0.3 is 9.47 Å². The Bertz CT molecular complexity index is 798. The van der Waals surface area contributed by atoms with Gasteiger partial charge in [-0.25, -0.2) is 9.59 Å². The molecular formula is C18H17NO6. The van der Waals surface area contributed by atoms with Gasteiger partial charge in [0.2, 0.25) is 0 Å². The maximum Gasteiger partial charge on any atom is 0.343 e. The number of carbonyl (C=O) groups excluding carboxylic acids is 2. The van der Waals surface area contributed by atoms with E-state index in [9.17, 15) is 19.7 Å². The van der Waals surface area contributed by atoms with Gasteiger partial charge in [0, 0.05) is 12.1 Å². The summed E-state index contributed by atoms with van der Waals surface area (Å²) in [5.74, 6) is -1.22. The monoisotopic (exact) mass is 343 g/mol. The number of non-ortho nitro benzene ring substituents is 1. The molecule has 0 saturated carbocycles. The molecule has 2 aromatic rings. The van der Waals surface area contributed by atoms with Crippen LogP contribution in [0.2, 0.25) is 0 Å². The van der Waals surface area contributed by atoms with Crippen LogP contribution in [-0.4, -0.2) is 23.5 Å². The number of ether oxygens (including phenoxy) is 2. The first-order valence-electron chi connectivity index (χ1n) is 7.72. The summed E-state index contributed by atoms with van der Waals surface area (Å²) in [5, 5.41) is 11.0. The second-order valence-electron chi connectivity index (χ2n) is 5.13. The summed E-state index contributed by atoms with van der Waals surface area (Å²) >= 11 is 0. The fraction of sp³-hybridized carbons (Fsp3) is 0.222. The minimum absolute atomic E-state index is 0.0793. The van der Waals surface area contributed by atoms with E-state index in [1.807, 2.05) is 19.1 Å². The van der Waals surface area contributed by atoms with E-state index in [2.05, 4.69) is 0 Å². The molecule has 0 aliphatic heterocycles. The number of esters is 2. The van der Waals surface area contributed by atoms with Crippen LogP contribution in [0.25, 0.3) is 0 Å². The minimum Gasteiger partial charge on any atom is -0.462 e. The largest absolute Gasteiger partial charge is 0.462 e. The fourth-order valence-corrected chi connectivity index (χ4v) is 2.13. The van der Waals surface area contributed by atoms with E-state index in [0.717, 1.165) is 24.1 Å². The number of rotatable bonds is 6. The Balaban J connectivity index is 2.30. The second kappa shape index (κ2) is 8.05. The highest BCUT2D eigenvalue weighted by atomic mass is 16.6. The number of hydrogen-bond donors (Lipinski definition) is 0. The van der Waals surface area contributed by atoms with Crippen molar-refractivity contribution in [3.8, 4) is 5.75 Å². The molecule has 0 heterocycles. The third-order valence-corrected chi connectivity index (χ3v) is 3.42. The molecule has 0 amide bonds. The zero-order valence-corrected chi connectivity index (χ0v) is 13.9. The van der Waals surface area contributed by atoms with Gasteiger partial charge in [0.05, 0.1) is 22.7 Å². The molecule has 0 aromatic heterocycles. The lowest BCUT2D eigenvalue weighted by Gasteiger charge is -2.07. The van der Waals surface area contributed by atoms with E-state index < -0.39 is 16.9 Å². The molecule has 7 nitrogen and oxygen atoms in total. The Labute approximate surface area is 144 Å². The number of carbonyl (C=O) groups is 2. The number of nitrogens with zero attached hydrogens (tertiary/aromatic N) is 1. The predicted molar refractivity (Wildman–Crippen MR) is 89.8 cm³/mol. The van der Waals surface area contributed by atoms with Crippen LogP contribution < -0.4 is 4.74 Å². The van der Waals surface area contributed by atoms with Crippen molar-refractivity contribution in [3.63, 3.8) is 0 Å². The van der Waals surface area contributed by atoms with Crippen LogP contribution in [0, 0.1) is 10.1 Å². The second-order valence-corrected chi connectivity index (χ2v) is 5.13. The molecule has 0 N–H and O–H groups in total. The number of benzene rings is 2. The van der Waals surface area contributed by atoms with Gasteiger partial charge in [0.1, 0.15) is 5.75 Å².